The summed E-state index contributed by atoms with van der Waals surface area (Å²) in [5.74, 6) is 0.378. The summed E-state index contributed by atoms with van der Waals surface area (Å²) in [6.07, 6.45) is 3.25. The number of aromatic nitrogens is 3. The van der Waals surface area contributed by atoms with E-state index in [0.29, 0.717) is 21.7 Å². The molecule has 74 valence electrons. The van der Waals surface area contributed by atoms with E-state index in [0.717, 1.165) is 0 Å². The van der Waals surface area contributed by atoms with Gasteiger partial charge < -0.3 is 5.73 Å². The number of halogens is 1. The molecule has 0 unspecified atom stereocenters. The Hall–Kier alpha value is -1.87. The summed E-state index contributed by atoms with van der Waals surface area (Å²) >= 11 is 3.25. The Balaban J connectivity index is 2.59. The summed E-state index contributed by atoms with van der Waals surface area (Å²) in [5.41, 5.74) is 6.51. The number of nitrogens with zero attached hydrogens (tertiary/aromatic N) is 4. The van der Waals surface area contributed by atoms with Crippen molar-refractivity contribution in [2.24, 2.45) is 0 Å². The molecule has 2 rings (SSSR count). The van der Waals surface area contributed by atoms with E-state index in [2.05, 4.69) is 26.0 Å². The van der Waals surface area contributed by atoms with E-state index in [4.69, 9.17) is 11.0 Å². The lowest BCUT2D eigenvalue weighted by Gasteiger charge is -2.00. The van der Waals surface area contributed by atoms with Gasteiger partial charge in [0.1, 0.15) is 11.8 Å². The van der Waals surface area contributed by atoms with Crippen molar-refractivity contribution in [3.63, 3.8) is 0 Å². The molecule has 0 spiro atoms. The average molecular weight is 264 g/mol. The van der Waals surface area contributed by atoms with Crippen LogP contribution in [0.3, 0.4) is 0 Å². The van der Waals surface area contributed by atoms with Gasteiger partial charge in [-0.3, -0.25) is 0 Å². The monoisotopic (exact) mass is 263 g/mol. The molecule has 0 atom stereocenters. The summed E-state index contributed by atoms with van der Waals surface area (Å²) in [7, 11) is 0. The second-order valence-corrected chi connectivity index (χ2v) is 3.64. The van der Waals surface area contributed by atoms with Crippen LogP contribution in [-0.2, 0) is 0 Å². The van der Waals surface area contributed by atoms with Gasteiger partial charge in [-0.15, -0.1) is 5.10 Å². The van der Waals surface area contributed by atoms with Gasteiger partial charge in [-0.2, -0.15) is 5.26 Å². The summed E-state index contributed by atoms with van der Waals surface area (Å²) in [5, 5.41) is 12.9. The molecule has 0 bridgehead atoms. The van der Waals surface area contributed by atoms with Crippen LogP contribution in [0.1, 0.15) is 5.69 Å². The normalized spacial score (nSPS) is 9.87. The summed E-state index contributed by atoms with van der Waals surface area (Å²) in [6.45, 7) is 0. The first-order chi connectivity index (χ1) is 7.22. The molecule has 0 amide bonds. The largest absolute Gasteiger partial charge is 0.381 e. The predicted octanol–water partition coefficient (Wildman–Crippen LogP) is 1.48. The van der Waals surface area contributed by atoms with Crippen LogP contribution in [0.2, 0.25) is 0 Å². The van der Waals surface area contributed by atoms with Gasteiger partial charge in [-0.1, -0.05) is 0 Å². The molecular weight excluding hydrogens is 258 g/mol. The number of nitriles is 1. The van der Waals surface area contributed by atoms with Crippen LogP contribution in [0.4, 0.5) is 5.82 Å². The third-order valence-electron chi connectivity index (χ3n) is 1.83. The SMILES string of the molecule is N#Cc1ncccc1-n1cc(Br)c(N)n1. The maximum absolute atomic E-state index is 8.86. The van der Waals surface area contributed by atoms with Gasteiger partial charge in [0.05, 0.1) is 4.47 Å². The minimum atomic E-state index is 0.313. The van der Waals surface area contributed by atoms with Crippen molar-refractivity contribution in [3.8, 4) is 11.8 Å². The molecule has 2 N–H and O–H groups in total. The highest BCUT2D eigenvalue weighted by Crippen LogP contribution is 2.20. The zero-order chi connectivity index (χ0) is 10.8. The molecule has 0 aliphatic rings. The fourth-order valence-corrected chi connectivity index (χ4v) is 1.43. The lowest BCUT2D eigenvalue weighted by atomic mass is 10.3. The smallest absolute Gasteiger partial charge is 0.166 e. The topological polar surface area (TPSA) is 80.5 Å². The maximum Gasteiger partial charge on any atom is 0.166 e. The van der Waals surface area contributed by atoms with Crippen molar-refractivity contribution >= 4 is 21.7 Å². The lowest BCUT2D eigenvalue weighted by Crippen LogP contribution is -2.00. The van der Waals surface area contributed by atoms with E-state index in [-0.39, 0.29) is 0 Å². The summed E-state index contributed by atoms with van der Waals surface area (Å²) in [4.78, 5) is 3.93. The van der Waals surface area contributed by atoms with Gasteiger partial charge in [0.15, 0.2) is 11.5 Å². The fraction of sp³-hybridized carbons (Fsp3) is 0. The van der Waals surface area contributed by atoms with Gasteiger partial charge in [0, 0.05) is 12.4 Å². The van der Waals surface area contributed by atoms with Crippen LogP contribution in [0.5, 0.6) is 0 Å². The predicted molar refractivity (Wildman–Crippen MR) is 58.2 cm³/mol. The quantitative estimate of drug-likeness (QED) is 0.845. The highest BCUT2D eigenvalue weighted by molar-refractivity contribution is 9.10. The van der Waals surface area contributed by atoms with Crippen molar-refractivity contribution < 1.29 is 0 Å². The van der Waals surface area contributed by atoms with Crippen LogP contribution < -0.4 is 5.73 Å². The van der Waals surface area contributed by atoms with E-state index < -0.39 is 0 Å². The zero-order valence-electron chi connectivity index (χ0n) is 7.55. The molecule has 6 heteroatoms. The van der Waals surface area contributed by atoms with Crippen molar-refractivity contribution in [1.29, 1.82) is 5.26 Å². The maximum atomic E-state index is 8.86. The molecule has 0 saturated heterocycles. The Labute approximate surface area is 94.3 Å². The summed E-state index contributed by atoms with van der Waals surface area (Å²) in [6, 6.07) is 5.49. The van der Waals surface area contributed by atoms with Gasteiger partial charge in [0.25, 0.3) is 0 Å². The first-order valence-electron chi connectivity index (χ1n) is 4.08. The second kappa shape index (κ2) is 3.71. The Morgan fingerprint density at radius 2 is 2.33 bits per heavy atom. The summed E-state index contributed by atoms with van der Waals surface area (Å²) < 4.78 is 2.21. The Bertz CT molecular complexity index is 520. The molecular formula is C9H6BrN5. The second-order valence-electron chi connectivity index (χ2n) is 2.79. The van der Waals surface area contributed by atoms with Gasteiger partial charge in [-0.25, -0.2) is 9.67 Å². The minimum absolute atomic E-state index is 0.313. The number of pyridine rings is 1. The fourth-order valence-electron chi connectivity index (χ4n) is 1.16. The van der Waals surface area contributed by atoms with Crippen molar-refractivity contribution in [2.75, 3.05) is 5.73 Å². The Morgan fingerprint density at radius 3 is 2.93 bits per heavy atom. The number of nitrogens with two attached hydrogens (primary N) is 1. The van der Waals surface area contributed by atoms with Crippen molar-refractivity contribution in [2.45, 2.75) is 0 Å². The van der Waals surface area contributed by atoms with Crippen LogP contribution in [0.25, 0.3) is 5.69 Å². The first kappa shape index (κ1) is 9.68. The first-order valence-corrected chi connectivity index (χ1v) is 4.88. The van der Waals surface area contributed by atoms with E-state index >= 15 is 0 Å². The van der Waals surface area contributed by atoms with Crippen LogP contribution in [-0.4, -0.2) is 14.8 Å². The van der Waals surface area contributed by atoms with E-state index in [1.165, 1.54) is 4.68 Å². The molecule has 2 heterocycles. The molecule has 2 aromatic heterocycles. The van der Waals surface area contributed by atoms with Crippen molar-refractivity contribution in [3.05, 3.63) is 34.7 Å². The number of hydrogen-bond donors (Lipinski definition) is 1. The van der Waals surface area contributed by atoms with Crippen molar-refractivity contribution in [1.82, 2.24) is 14.8 Å². The van der Waals surface area contributed by atoms with E-state index in [9.17, 15) is 0 Å². The average Bonchev–Trinajstić information content (AvgIpc) is 2.59. The lowest BCUT2D eigenvalue weighted by molar-refractivity contribution is 0.874. The molecule has 0 aromatic carbocycles. The van der Waals surface area contributed by atoms with Crippen LogP contribution in [0, 0.1) is 11.3 Å². The van der Waals surface area contributed by atoms with Gasteiger partial charge in [0.2, 0.25) is 0 Å². The molecule has 5 nitrogen and oxygen atoms in total. The molecule has 2 aromatic rings. The standard InChI is InChI=1S/C9H6BrN5/c10-6-5-15(14-9(6)12)8-2-1-3-13-7(8)4-11/h1-3,5H,(H2,12,14). The van der Waals surface area contributed by atoms with E-state index in [1.807, 2.05) is 6.07 Å². The molecule has 15 heavy (non-hydrogen) atoms. The Kier molecular flexibility index (Phi) is 2.39. The molecule has 0 fully saturated rings. The highest BCUT2D eigenvalue weighted by atomic mass is 79.9. The van der Waals surface area contributed by atoms with Crippen LogP contribution >= 0.6 is 15.9 Å². The van der Waals surface area contributed by atoms with Gasteiger partial charge in [-0.05, 0) is 28.1 Å². The third-order valence-corrected chi connectivity index (χ3v) is 2.45. The van der Waals surface area contributed by atoms with Gasteiger partial charge >= 0.3 is 0 Å². The number of rotatable bonds is 1. The molecule has 0 radical (unpaired) electrons. The molecule has 0 saturated carbocycles. The van der Waals surface area contributed by atoms with Crippen LogP contribution in [0.15, 0.2) is 29.0 Å². The van der Waals surface area contributed by atoms with E-state index in [1.54, 1.807) is 24.5 Å². The third kappa shape index (κ3) is 1.69. The number of nitrogen functional groups attached to an aromatic ring is 1. The molecule has 0 aliphatic carbocycles. The number of anilines is 1. The number of hydrogen-bond acceptors (Lipinski definition) is 4. The Morgan fingerprint density at radius 1 is 1.53 bits per heavy atom. The zero-order valence-corrected chi connectivity index (χ0v) is 9.14. The highest BCUT2D eigenvalue weighted by Gasteiger charge is 2.08. The minimum Gasteiger partial charge on any atom is -0.381 e. The molecule has 0 aliphatic heterocycles.